The highest BCUT2D eigenvalue weighted by Gasteiger charge is 2.20. The molecule has 108 valence electrons. The van der Waals surface area contributed by atoms with E-state index in [2.05, 4.69) is 25.6 Å². The smallest absolute Gasteiger partial charge is 0.183 e. The van der Waals surface area contributed by atoms with Crippen LogP contribution in [0.3, 0.4) is 0 Å². The van der Waals surface area contributed by atoms with Crippen molar-refractivity contribution in [1.82, 2.24) is 14.9 Å². The number of anilines is 2. The highest BCUT2D eigenvalue weighted by Crippen LogP contribution is 2.22. The van der Waals surface area contributed by atoms with Crippen LogP contribution in [0.25, 0.3) is 0 Å². The SMILES string of the molecule is Cc1csc(NC2CCN(Cc3cnc(N)s3)CC2)n1. The predicted octanol–water partition coefficient (Wildman–Crippen LogP) is 2.57. The summed E-state index contributed by atoms with van der Waals surface area (Å²) >= 11 is 3.28. The molecule has 1 fully saturated rings. The fraction of sp³-hybridized carbons (Fsp3) is 0.538. The Morgan fingerprint density at radius 2 is 2.25 bits per heavy atom. The van der Waals surface area contributed by atoms with Gasteiger partial charge in [-0.1, -0.05) is 0 Å². The molecule has 0 spiro atoms. The van der Waals surface area contributed by atoms with E-state index in [1.165, 1.54) is 4.88 Å². The number of rotatable bonds is 4. The van der Waals surface area contributed by atoms with Crippen LogP contribution in [0, 0.1) is 6.92 Å². The summed E-state index contributed by atoms with van der Waals surface area (Å²) < 4.78 is 0. The lowest BCUT2D eigenvalue weighted by molar-refractivity contribution is 0.213. The Morgan fingerprint density at radius 3 is 2.85 bits per heavy atom. The summed E-state index contributed by atoms with van der Waals surface area (Å²) in [5.74, 6) is 0. The molecule has 7 heteroatoms. The first-order chi connectivity index (χ1) is 9.69. The summed E-state index contributed by atoms with van der Waals surface area (Å²) in [5, 5.41) is 7.34. The molecule has 1 aliphatic heterocycles. The van der Waals surface area contributed by atoms with Crippen molar-refractivity contribution in [1.29, 1.82) is 0 Å². The molecule has 3 heterocycles. The maximum Gasteiger partial charge on any atom is 0.183 e. The minimum atomic E-state index is 0.545. The fourth-order valence-electron chi connectivity index (χ4n) is 2.45. The standard InChI is InChI=1S/C13H19N5S2/c1-9-8-19-13(16-9)17-10-2-4-18(5-3-10)7-11-6-15-12(14)20-11/h6,8,10H,2-5,7H2,1H3,(H2,14,15)(H,16,17). The quantitative estimate of drug-likeness (QED) is 0.908. The van der Waals surface area contributed by atoms with Crippen LogP contribution in [0.1, 0.15) is 23.4 Å². The topological polar surface area (TPSA) is 67.1 Å². The van der Waals surface area contributed by atoms with Gasteiger partial charge in [0.15, 0.2) is 10.3 Å². The zero-order valence-corrected chi connectivity index (χ0v) is 13.1. The van der Waals surface area contributed by atoms with Crippen LogP contribution in [0.15, 0.2) is 11.6 Å². The van der Waals surface area contributed by atoms with Gasteiger partial charge in [-0.05, 0) is 19.8 Å². The molecular weight excluding hydrogens is 290 g/mol. The number of aromatic nitrogens is 2. The van der Waals surface area contributed by atoms with Crippen LogP contribution >= 0.6 is 22.7 Å². The molecule has 0 radical (unpaired) electrons. The third-order valence-corrected chi connectivity index (χ3v) is 5.19. The van der Waals surface area contributed by atoms with Crippen molar-refractivity contribution >= 4 is 32.9 Å². The molecule has 0 aliphatic carbocycles. The van der Waals surface area contributed by atoms with Crippen LogP contribution in [0.4, 0.5) is 10.3 Å². The lowest BCUT2D eigenvalue weighted by Crippen LogP contribution is -2.38. The Balaban J connectivity index is 1.47. The first-order valence-corrected chi connectivity index (χ1v) is 8.50. The van der Waals surface area contributed by atoms with Gasteiger partial charge >= 0.3 is 0 Å². The summed E-state index contributed by atoms with van der Waals surface area (Å²) in [6, 6.07) is 0.545. The van der Waals surface area contributed by atoms with E-state index in [1.807, 2.05) is 13.1 Å². The molecule has 1 saturated heterocycles. The number of nitrogens with two attached hydrogens (primary N) is 1. The molecule has 0 saturated carbocycles. The van der Waals surface area contributed by atoms with Gasteiger partial charge < -0.3 is 11.1 Å². The lowest BCUT2D eigenvalue weighted by atomic mass is 10.1. The molecular formula is C13H19N5S2. The second kappa shape index (κ2) is 6.07. The number of thiazole rings is 2. The van der Waals surface area contributed by atoms with E-state index < -0.39 is 0 Å². The minimum absolute atomic E-state index is 0.545. The molecule has 0 atom stereocenters. The van der Waals surface area contributed by atoms with Gasteiger partial charge in [-0.2, -0.15) is 0 Å². The van der Waals surface area contributed by atoms with Crippen molar-refractivity contribution in [3.8, 4) is 0 Å². The lowest BCUT2D eigenvalue weighted by Gasteiger charge is -2.31. The van der Waals surface area contributed by atoms with Crippen LogP contribution in [0.2, 0.25) is 0 Å². The predicted molar refractivity (Wildman–Crippen MR) is 85.3 cm³/mol. The molecule has 3 N–H and O–H groups in total. The second-order valence-corrected chi connectivity index (χ2v) is 7.16. The fourth-order valence-corrected chi connectivity index (χ4v) is 3.94. The zero-order chi connectivity index (χ0) is 13.9. The number of hydrogen-bond acceptors (Lipinski definition) is 7. The Kier molecular flexibility index (Phi) is 4.18. The monoisotopic (exact) mass is 309 g/mol. The van der Waals surface area contributed by atoms with Gasteiger partial charge in [-0.3, -0.25) is 4.90 Å². The van der Waals surface area contributed by atoms with Gasteiger partial charge in [0.1, 0.15) is 0 Å². The Morgan fingerprint density at radius 1 is 1.45 bits per heavy atom. The molecule has 5 nitrogen and oxygen atoms in total. The zero-order valence-electron chi connectivity index (χ0n) is 11.5. The summed E-state index contributed by atoms with van der Waals surface area (Å²) in [6.45, 7) is 5.22. The van der Waals surface area contributed by atoms with Gasteiger partial charge in [-0.25, -0.2) is 9.97 Å². The molecule has 3 rings (SSSR count). The van der Waals surface area contributed by atoms with E-state index in [0.717, 1.165) is 43.3 Å². The number of nitrogens with one attached hydrogen (secondary N) is 1. The molecule has 0 bridgehead atoms. The van der Waals surface area contributed by atoms with Crippen molar-refractivity contribution in [2.45, 2.75) is 32.4 Å². The summed E-state index contributed by atoms with van der Waals surface area (Å²) in [4.78, 5) is 12.3. The highest BCUT2D eigenvalue weighted by atomic mass is 32.1. The number of nitrogens with zero attached hydrogens (tertiary/aromatic N) is 3. The number of aryl methyl sites for hydroxylation is 1. The van der Waals surface area contributed by atoms with Gasteiger partial charge in [0.05, 0.1) is 5.69 Å². The van der Waals surface area contributed by atoms with Gasteiger partial charge in [-0.15, -0.1) is 22.7 Å². The Labute approximate surface area is 126 Å². The maximum atomic E-state index is 5.67. The maximum absolute atomic E-state index is 5.67. The van der Waals surface area contributed by atoms with Crippen LogP contribution in [0.5, 0.6) is 0 Å². The average Bonchev–Trinajstić information content (AvgIpc) is 3.01. The van der Waals surface area contributed by atoms with Gasteiger partial charge in [0, 0.05) is 42.1 Å². The summed E-state index contributed by atoms with van der Waals surface area (Å²) in [7, 11) is 0. The highest BCUT2D eigenvalue weighted by molar-refractivity contribution is 7.15. The van der Waals surface area contributed by atoms with E-state index in [-0.39, 0.29) is 0 Å². The van der Waals surface area contributed by atoms with Gasteiger partial charge in [0.2, 0.25) is 0 Å². The van der Waals surface area contributed by atoms with Crippen molar-refractivity contribution in [2.24, 2.45) is 0 Å². The molecule has 0 amide bonds. The van der Waals surface area contributed by atoms with Crippen molar-refractivity contribution in [3.63, 3.8) is 0 Å². The van der Waals surface area contributed by atoms with Crippen LogP contribution < -0.4 is 11.1 Å². The van der Waals surface area contributed by atoms with E-state index in [0.29, 0.717) is 11.2 Å². The second-order valence-electron chi connectivity index (χ2n) is 5.15. The summed E-state index contributed by atoms with van der Waals surface area (Å²) in [5.41, 5.74) is 6.76. The number of likely N-dealkylation sites (tertiary alicyclic amines) is 1. The molecule has 1 aliphatic rings. The molecule has 20 heavy (non-hydrogen) atoms. The van der Waals surface area contributed by atoms with Gasteiger partial charge in [0.25, 0.3) is 0 Å². The van der Waals surface area contributed by atoms with Crippen LogP contribution in [-0.4, -0.2) is 34.0 Å². The van der Waals surface area contributed by atoms with Crippen molar-refractivity contribution < 1.29 is 0 Å². The number of nitrogen functional groups attached to an aromatic ring is 1. The molecule has 2 aromatic heterocycles. The Bertz CT molecular complexity index is 506. The van der Waals surface area contributed by atoms with Crippen molar-refractivity contribution in [3.05, 3.63) is 22.1 Å². The molecule has 0 unspecified atom stereocenters. The third-order valence-electron chi connectivity index (χ3n) is 3.49. The first kappa shape index (κ1) is 13.8. The van der Waals surface area contributed by atoms with E-state index in [9.17, 15) is 0 Å². The Hall–Kier alpha value is -1.18. The van der Waals surface area contributed by atoms with E-state index in [4.69, 9.17) is 5.73 Å². The first-order valence-electron chi connectivity index (χ1n) is 6.80. The van der Waals surface area contributed by atoms with E-state index in [1.54, 1.807) is 22.7 Å². The summed E-state index contributed by atoms with van der Waals surface area (Å²) in [6.07, 6.45) is 4.21. The average molecular weight is 309 g/mol. The number of piperidine rings is 1. The van der Waals surface area contributed by atoms with E-state index >= 15 is 0 Å². The molecule has 0 aromatic carbocycles. The number of hydrogen-bond donors (Lipinski definition) is 2. The van der Waals surface area contributed by atoms with Crippen molar-refractivity contribution in [2.75, 3.05) is 24.1 Å². The minimum Gasteiger partial charge on any atom is -0.375 e. The largest absolute Gasteiger partial charge is 0.375 e. The van der Waals surface area contributed by atoms with Crippen LogP contribution in [-0.2, 0) is 6.54 Å². The normalized spacial score (nSPS) is 17.4. The third kappa shape index (κ3) is 3.47. The molecule has 2 aromatic rings.